The molecular weight excluding hydrogens is 298 g/mol. The Labute approximate surface area is 114 Å². The van der Waals surface area contributed by atoms with E-state index in [2.05, 4.69) is 49.1 Å². The maximum absolute atomic E-state index is 4.02. The fourth-order valence-electron chi connectivity index (χ4n) is 1.69. The van der Waals surface area contributed by atoms with Crippen LogP contribution in [0.1, 0.15) is 23.2 Å². The number of H-pyrrole nitrogens is 1. The average molecular weight is 314 g/mol. The molecule has 0 saturated heterocycles. The first-order valence-corrected chi connectivity index (χ1v) is 7.41. The van der Waals surface area contributed by atoms with Crippen LogP contribution < -0.4 is 5.32 Å². The Bertz CT molecular complexity index is 422. The van der Waals surface area contributed by atoms with Crippen molar-refractivity contribution >= 4 is 27.3 Å². The van der Waals surface area contributed by atoms with Crippen molar-refractivity contribution in [3.05, 3.63) is 38.3 Å². The standard InChI is InChI=1S/C12H16BrN3S/c1-9-10(6-15-16-9)3-2-4-14-5-11-7-17-8-12(11)13/h6-8,14H,2-5H2,1H3,(H,15,16). The summed E-state index contributed by atoms with van der Waals surface area (Å²) in [5.74, 6) is 0. The summed E-state index contributed by atoms with van der Waals surface area (Å²) < 4.78 is 1.21. The lowest BCUT2D eigenvalue weighted by molar-refractivity contribution is 0.648. The second-order valence-corrected chi connectivity index (χ2v) is 5.64. The molecule has 2 heterocycles. The second-order valence-electron chi connectivity index (χ2n) is 4.05. The minimum atomic E-state index is 0.939. The first kappa shape index (κ1) is 12.8. The normalized spacial score (nSPS) is 10.9. The van der Waals surface area contributed by atoms with Crippen molar-refractivity contribution in [2.45, 2.75) is 26.3 Å². The fraction of sp³-hybridized carbons (Fsp3) is 0.417. The number of hydrogen-bond donors (Lipinski definition) is 2. The van der Waals surface area contributed by atoms with E-state index < -0.39 is 0 Å². The molecule has 0 atom stereocenters. The molecule has 2 N–H and O–H groups in total. The lowest BCUT2D eigenvalue weighted by Gasteiger charge is -2.03. The Morgan fingerprint density at radius 2 is 2.29 bits per heavy atom. The largest absolute Gasteiger partial charge is 0.313 e. The minimum absolute atomic E-state index is 0.939. The molecule has 0 amide bonds. The van der Waals surface area contributed by atoms with Crippen LogP contribution in [-0.2, 0) is 13.0 Å². The highest BCUT2D eigenvalue weighted by molar-refractivity contribution is 9.10. The van der Waals surface area contributed by atoms with Gasteiger partial charge in [0.2, 0.25) is 0 Å². The van der Waals surface area contributed by atoms with Crippen LogP contribution in [0.25, 0.3) is 0 Å². The van der Waals surface area contributed by atoms with Crippen LogP contribution in [0.15, 0.2) is 21.4 Å². The van der Waals surface area contributed by atoms with Crippen LogP contribution in [-0.4, -0.2) is 16.7 Å². The maximum Gasteiger partial charge on any atom is 0.0522 e. The number of thiophene rings is 1. The predicted molar refractivity (Wildman–Crippen MR) is 75.4 cm³/mol. The molecule has 0 bridgehead atoms. The van der Waals surface area contributed by atoms with Crippen molar-refractivity contribution in [3.8, 4) is 0 Å². The summed E-state index contributed by atoms with van der Waals surface area (Å²) in [7, 11) is 0. The molecule has 0 unspecified atom stereocenters. The van der Waals surface area contributed by atoms with Gasteiger partial charge in [-0.05, 0) is 58.7 Å². The minimum Gasteiger partial charge on any atom is -0.313 e. The zero-order valence-corrected chi connectivity index (χ0v) is 12.2. The van der Waals surface area contributed by atoms with Crippen LogP contribution in [0.2, 0.25) is 0 Å². The Morgan fingerprint density at radius 1 is 1.41 bits per heavy atom. The monoisotopic (exact) mass is 313 g/mol. The number of aromatic amines is 1. The molecular formula is C12H16BrN3S. The van der Waals surface area contributed by atoms with Gasteiger partial charge in [0.05, 0.1) is 6.20 Å². The SMILES string of the molecule is Cc1[nH]ncc1CCCNCc1cscc1Br. The van der Waals surface area contributed by atoms with Crippen molar-refractivity contribution in [2.24, 2.45) is 0 Å². The molecule has 0 radical (unpaired) electrons. The summed E-state index contributed by atoms with van der Waals surface area (Å²) >= 11 is 5.27. The van der Waals surface area contributed by atoms with Crippen molar-refractivity contribution in [3.63, 3.8) is 0 Å². The molecule has 0 aromatic carbocycles. The molecule has 0 spiro atoms. The highest BCUT2D eigenvalue weighted by atomic mass is 79.9. The summed E-state index contributed by atoms with van der Waals surface area (Å²) in [6, 6.07) is 0. The van der Waals surface area contributed by atoms with E-state index in [1.54, 1.807) is 11.3 Å². The summed E-state index contributed by atoms with van der Waals surface area (Å²) in [6.45, 7) is 4.04. The highest BCUT2D eigenvalue weighted by Gasteiger charge is 2.01. The van der Waals surface area contributed by atoms with Gasteiger partial charge in [-0.25, -0.2) is 0 Å². The van der Waals surface area contributed by atoms with E-state index in [1.807, 2.05) is 6.20 Å². The van der Waals surface area contributed by atoms with Gasteiger partial charge in [0.25, 0.3) is 0 Å². The van der Waals surface area contributed by atoms with Crippen molar-refractivity contribution < 1.29 is 0 Å². The second kappa shape index (κ2) is 6.33. The lowest BCUT2D eigenvalue weighted by atomic mass is 10.1. The number of halogens is 1. The average Bonchev–Trinajstić information content (AvgIpc) is 2.89. The van der Waals surface area contributed by atoms with E-state index in [0.29, 0.717) is 0 Å². The summed E-state index contributed by atoms with van der Waals surface area (Å²) in [5, 5.41) is 14.7. The van der Waals surface area contributed by atoms with Crippen LogP contribution >= 0.6 is 27.3 Å². The Kier molecular flexibility index (Phi) is 4.76. The topological polar surface area (TPSA) is 40.7 Å². The third-order valence-electron chi connectivity index (χ3n) is 2.74. The molecule has 0 aliphatic carbocycles. The van der Waals surface area contributed by atoms with Crippen molar-refractivity contribution in [2.75, 3.05) is 6.54 Å². The van der Waals surface area contributed by atoms with Gasteiger partial charge in [-0.1, -0.05) is 0 Å². The summed E-state index contributed by atoms with van der Waals surface area (Å²) in [4.78, 5) is 0. The lowest BCUT2D eigenvalue weighted by Crippen LogP contribution is -2.15. The fourth-order valence-corrected chi connectivity index (χ4v) is 3.13. The molecule has 2 rings (SSSR count). The number of aromatic nitrogens is 2. The molecule has 3 nitrogen and oxygen atoms in total. The van der Waals surface area contributed by atoms with Crippen LogP contribution in [0.5, 0.6) is 0 Å². The van der Waals surface area contributed by atoms with Gasteiger partial charge in [0.1, 0.15) is 0 Å². The molecule has 17 heavy (non-hydrogen) atoms. The zero-order chi connectivity index (χ0) is 12.1. The third-order valence-corrected chi connectivity index (χ3v) is 4.57. The van der Waals surface area contributed by atoms with Crippen LogP contribution in [0.4, 0.5) is 0 Å². The van der Waals surface area contributed by atoms with E-state index in [-0.39, 0.29) is 0 Å². The number of aryl methyl sites for hydroxylation is 2. The predicted octanol–water partition coefficient (Wildman–Crippen LogP) is 3.26. The van der Waals surface area contributed by atoms with Gasteiger partial charge in [-0.15, -0.1) is 0 Å². The van der Waals surface area contributed by atoms with Gasteiger partial charge < -0.3 is 5.32 Å². The number of nitrogens with one attached hydrogen (secondary N) is 2. The van der Waals surface area contributed by atoms with E-state index in [4.69, 9.17) is 0 Å². The van der Waals surface area contributed by atoms with Crippen LogP contribution in [0.3, 0.4) is 0 Å². The number of rotatable bonds is 6. The van der Waals surface area contributed by atoms with Gasteiger partial charge in [0.15, 0.2) is 0 Å². The Hall–Kier alpha value is -0.650. The third kappa shape index (κ3) is 3.66. The molecule has 0 saturated carbocycles. The smallest absolute Gasteiger partial charge is 0.0522 e. The zero-order valence-electron chi connectivity index (χ0n) is 9.79. The van der Waals surface area contributed by atoms with Gasteiger partial charge in [-0.3, -0.25) is 5.10 Å². The van der Waals surface area contributed by atoms with Gasteiger partial charge in [0, 0.05) is 22.1 Å². The van der Waals surface area contributed by atoms with E-state index >= 15 is 0 Å². The van der Waals surface area contributed by atoms with Gasteiger partial charge in [-0.2, -0.15) is 16.4 Å². The number of hydrogen-bond acceptors (Lipinski definition) is 3. The first-order valence-electron chi connectivity index (χ1n) is 5.67. The first-order chi connectivity index (χ1) is 8.27. The van der Waals surface area contributed by atoms with Crippen molar-refractivity contribution in [1.29, 1.82) is 0 Å². The maximum atomic E-state index is 4.02. The summed E-state index contributed by atoms with van der Waals surface area (Å²) in [5.41, 5.74) is 3.85. The summed E-state index contributed by atoms with van der Waals surface area (Å²) in [6.07, 6.45) is 4.15. The molecule has 0 aliphatic heterocycles. The van der Waals surface area contributed by atoms with Gasteiger partial charge >= 0.3 is 0 Å². The molecule has 0 aliphatic rings. The quantitative estimate of drug-likeness (QED) is 0.804. The Morgan fingerprint density at radius 3 is 2.94 bits per heavy atom. The van der Waals surface area contributed by atoms with Crippen molar-refractivity contribution in [1.82, 2.24) is 15.5 Å². The van der Waals surface area contributed by atoms with E-state index in [9.17, 15) is 0 Å². The molecule has 5 heteroatoms. The van der Waals surface area contributed by atoms with E-state index in [0.717, 1.165) is 25.9 Å². The van der Waals surface area contributed by atoms with Crippen LogP contribution in [0, 0.1) is 6.92 Å². The molecule has 92 valence electrons. The number of nitrogens with zero attached hydrogens (tertiary/aromatic N) is 1. The molecule has 2 aromatic rings. The van der Waals surface area contributed by atoms with E-state index in [1.165, 1.54) is 21.3 Å². The molecule has 2 aromatic heterocycles. The Balaban J connectivity index is 1.64. The molecule has 0 fully saturated rings. The highest BCUT2D eigenvalue weighted by Crippen LogP contribution is 2.20.